The van der Waals surface area contributed by atoms with E-state index in [0.717, 1.165) is 12.0 Å². The van der Waals surface area contributed by atoms with Gasteiger partial charge in [0.15, 0.2) is 11.5 Å². The lowest BCUT2D eigenvalue weighted by molar-refractivity contribution is -0.149. The standard InChI is InChI=1S/C31H30N2O7/c34-16-28-30-24(13-22(39-28)14-29(35)33-10-9-18-3-1-2-4-20(18)15-33)23-12-21(6-8-25(23)40-30)32-31(36)19-5-7-26-27(11-19)38-17-37-26/h1-8,11-12,22,24,28,30,34H,9-10,13-17H2,(H,32,36)/t22-,24-,28-,30+/m1/s1. The summed E-state index contributed by atoms with van der Waals surface area (Å²) in [5.74, 6) is 1.60. The average Bonchev–Trinajstić information content (AvgIpc) is 3.60. The number of nitrogens with zero attached hydrogens (tertiary/aromatic N) is 1. The van der Waals surface area contributed by atoms with Gasteiger partial charge in [0.05, 0.1) is 19.1 Å². The Labute approximate surface area is 231 Å². The number of carbonyl (C=O) groups excluding carboxylic acids is 2. The summed E-state index contributed by atoms with van der Waals surface area (Å²) in [6.07, 6.45) is 0.441. The van der Waals surface area contributed by atoms with Crippen LogP contribution in [0, 0.1) is 0 Å². The summed E-state index contributed by atoms with van der Waals surface area (Å²) in [6.45, 7) is 1.24. The fourth-order valence-corrected chi connectivity index (χ4v) is 6.24. The Balaban J connectivity index is 1.05. The molecular formula is C31H30N2O7. The molecule has 206 valence electrons. The van der Waals surface area contributed by atoms with Gasteiger partial charge in [-0.05, 0) is 60.4 Å². The van der Waals surface area contributed by atoms with Crippen molar-refractivity contribution in [1.29, 1.82) is 0 Å². The van der Waals surface area contributed by atoms with E-state index in [9.17, 15) is 14.7 Å². The Bertz CT molecular complexity index is 1470. The molecule has 0 bridgehead atoms. The second-order valence-corrected chi connectivity index (χ2v) is 10.7. The van der Waals surface area contributed by atoms with E-state index in [0.29, 0.717) is 48.0 Å². The van der Waals surface area contributed by atoms with Crippen LogP contribution in [-0.2, 0) is 22.5 Å². The molecule has 1 saturated heterocycles. The van der Waals surface area contributed by atoms with E-state index < -0.39 is 6.10 Å². The first-order valence-electron chi connectivity index (χ1n) is 13.7. The maximum absolute atomic E-state index is 13.3. The quantitative estimate of drug-likeness (QED) is 0.507. The van der Waals surface area contributed by atoms with Gasteiger partial charge in [0.2, 0.25) is 12.7 Å². The van der Waals surface area contributed by atoms with Crippen molar-refractivity contribution in [1.82, 2.24) is 4.90 Å². The molecule has 0 spiro atoms. The van der Waals surface area contributed by atoms with Crippen LogP contribution >= 0.6 is 0 Å². The van der Waals surface area contributed by atoms with Crippen LogP contribution in [0.4, 0.5) is 5.69 Å². The molecule has 4 aliphatic rings. The van der Waals surface area contributed by atoms with Gasteiger partial charge in [-0.25, -0.2) is 0 Å². The fraction of sp³-hybridized carbons (Fsp3) is 0.355. The molecule has 4 atom stereocenters. The molecule has 0 aliphatic carbocycles. The summed E-state index contributed by atoms with van der Waals surface area (Å²) in [6, 6.07) is 18.9. The molecule has 2 amide bonds. The van der Waals surface area contributed by atoms with Crippen LogP contribution in [0.3, 0.4) is 0 Å². The van der Waals surface area contributed by atoms with Gasteiger partial charge in [0.1, 0.15) is 18.0 Å². The molecule has 1 fully saturated rings. The van der Waals surface area contributed by atoms with E-state index in [1.165, 1.54) is 11.1 Å². The van der Waals surface area contributed by atoms with Crippen LogP contribution in [-0.4, -0.2) is 60.1 Å². The summed E-state index contributed by atoms with van der Waals surface area (Å²) in [5.41, 5.74) is 4.53. The van der Waals surface area contributed by atoms with Gasteiger partial charge in [-0.3, -0.25) is 9.59 Å². The number of ether oxygens (including phenoxy) is 4. The first kappa shape index (κ1) is 24.9. The second-order valence-electron chi connectivity index (χ2n) is 10.7. The molecule has 7 rings (SSSR count). The number of carbonyl (C=O) groups is 2. The molecule has 3 aromatic rings. The molecule has 40 heavy (non-hydrogen) atoms. The Hall–Kier alpha value is -4.08. The first-order chi connectivity index (χ1) is 19.6. The number of hydrogen-bond acceptors (Lipinski definition) is 7. The smallest absolute Gasteiger partial charge is 0.255 e. The van der Waals surface area contributed by atoms with Gasteiger partial charge in [0.25, 0.3) is 5.91 Å². The number of aliphatic hydroxyl groups is 1. The number of aliphatic hydroxyl groups excluding tert-OH is 1. The Morgan fingerprint density at radius 3 is 2.67 bits per heavy atom. The van der Waals surface area contributed by atoms with Crippen molar-refractivity contribution in [3.8, 4) is 17.2 Å². The summed E-state index contributed by atoms with van der Waals surface area (Å²) < 4.78 is 23.1. The number of hydrogen-bond donors (Lipinski definition) is 2. The normalized spacial score (nSPS) is 24.0. The van der Waals surface area contributed by atoms with Crippen LogP contribution in [0.15, 0.2) is 60.7 Å². The van der Waals surface area contributed by atoms with Gasteiger partial charge in [0, 0.05) is 35.8 Å². The maximum atomic E-state index is 13.3. The van der Waals surface area contributed by atoms with Crippen molar-refractivity contribution in [3.63, 3.8) is 0 Å². The van der Waals surface area contributed by atoms with Crippen LogP contribution in [0.2, 0.25) is 0 Å². The highest BCUT2D eigenvalue weighted by Crippen LogP contribution is 2.47. The van der Waals surface area contributed by atoms with E-state index in [4.69, 9.17) is 18.9 Å². The van der Waals surface area contributed by atoms with Gasteiger partial charge in [-0.2, -0.15) is 0 Å². The van der Waals surface area contributed by atoms with E-state index in [1.807, 2.05) is 29.2 Å². The van der Waals surface area contributed by atoms with Crippen LogP contribution in [0.1, 0.15) is 45.8 Å². The predicted molar refractivity (Wildman–Crippen MR) is 145 cm³/mol. The van der Waals surface area contributed by atoms with Gasteiger partial charge in [-0.1, -0.05) is 24.3 Å². The number of benzene rings is 3. The van der Waals surface area contributed by atoms with Crippen molar-refractivity contribution in [2.75, 3.05) is 25.3 Å². The summed E-state index contributed by atoms with van der Waals surface area (Å²) >= 11 is 0. The minimum absolute atomic E-state index is 0.0542. The molecule has 0 unspecified atom stereocenters. The van der Waals surface area contributed by atoms with Crippen molar-refractivity contribution in [3.05, 3.63) is 82.9 Å². The third-order valence-electron chi connectivity index (χ3n) is 8.28. The molecule has 0 aromatic heterocycles. The Kier molecular flexibility index (Phi) is 6.32. The van der Waals surface area contributed by atoms with Crippen molar-refractivity contribution < 1.29 is 33.6 Å². The molecule has 4 aliphatic heterocycles. The lowest BCUT2D eigenvalue weighted by Crippen LogP contribution is -2.48. The van der Waals surface area contributed by atoms with Crippen molar-refractivity contribution in [2.24, 2.45) is 0 Å². The fourth-order valence-electron chi connectivity index (χ4n) is 6.24. The van der Waals surface area contributed by atoms with Gasteiger partial charge >= 0.3 is 0 Å². The summed E-state index contributed by atoms with van der Waals surface area (Å²) in [5, 5.41) is 13.1. The van der Waals surface area contributed by atoms with Crippen LogP contribution in [0.25, 0.3) is 0 Å². The van der Waals surface area contributed by atoms with Gasteiger partial charge < -0.3 is 34.3 Å². The highest BCUT2D eigenvalue weighted by molar-refractivity contribution is 6.04. The minimum atomic E-state index is -0.544. The number of anilines is 1. The van der Waals surface area contributed by atoms with Crippen LogP contribution in [0.5, 0.6) is 17.2 Å². The SMILES string of the molecule is O=C(Nc1ccc2c(c1)[C@H]1C[C@H](CC(=O)N3CCc4ccccc4C3)O[C@H](CO)[C@H]1O2)c1ccc2c(c1)OCO2. The minimum Gasteiger partial charge on any atom is -0.487 e. The summed E-state index contributed by atoms with van der Waals surface area (Å²) in [7, 11) is 0. The van der Waals surface area contributed by atoms with E-state index in [2.05, 4.69) is 17.4 Å². The predicted octanol–water partition coefficient (Wildman–Crippen LogP) is 3.64. The lowest BCUT2D eigenvalue weighted by Gasteiger charge is -2.38. The topological polar surface area (TPSA) is 107 Å². The molecule has 9 heteroatoms. The van der Waals surface area contributed by atoms with Crippen molar-refractivity contribution >= 4 is 17.5 Å². The van der Waals surface area contributed by atoms with Crippen molar-refractivity contribution in [2.45, 2.75) is 50.0 Å². The zero-order valence-electron chi connectivity index (χ0n) is 21.9. The summed E-state index contributed by atoms with van der Waals surface area (Å²) in [4.78, 5) is 28.1. The van der Waals surface area contributed by atoms with E-state index >= 15 is 0 Å². The molecule has 0 saturated carbocycles. The first-order valence-corrected chi connectivity index (χ1v) is 13.7. The number of rotatable bonds is 5. The number of fused-ring (bicyclic) bond motifs is 5. The zero-order chi connectivity index (χ0) is 27.2. The third kappa shape index (κ3) is 4.55. The monoisotopic (exact) mass is 542 g/mol. The molecular weight excluding hydrogens is 512 g/mol. The van der Waals surface area contributed by atoms with E-state index in [1.54, 1.807) is 24.3 Å². The number of nitrogens with one attached hydrogen (secondary N) is 1. The highest BCUT2D eigenvalue weighted by Gasteiger charge is 2.46. The zero-order valence-corrected chi connectivity index (χ0v) is 21.9. The second kappa shape index (κ2) is 10.1. The molecule has 3 aromatic carbocycles. The molecule has 4 heterocycles. The maximum Gasteiger partial charge on any atom is 0.255 e. The molecule has 0 radical (unpaired) electrons. The van der Waals surface area contributed by atoms with Crippen LogP contribution < -0.4 is 19.5 Å². The Morgan fingerprint density at radius 1 is 0.975 bits per heavy atom. The molecule has 2 N–H and O–H groups in total. The average molecular weight is 543 g/mol. The highest BCUT2D eigenvalue weighted by atomic mass is 16.7. The number of amides is 2. The lowest BCUT2D eigenvalue weighted by atomic mass is 9.84. The third-order valence-corrected chi connectivity index (χ3v) is 8.28. The van der Waals surface area contributed by atoms with Gasteiger partial charge in [-0.15, -0.1) is 0 Å². The molecule has 9 nitrogen and oxygen atoms in total. The largest absolute Gasteiger partial charge is 0.487 e. The Morgan fingerprint density at radius 2 is 1.80 bits per heavy atom. The van der Waals surface area contributed by atoms with E-state index in [-0.39, 0.29) is 49.8 Å².